The molecule has 0 unspecified atom stereocenters. The number of halogens is 1. The molecular formula is C25H23FN2O3. The van der Waals surface area contributed by atoms with Crippen LogP contribution in [0.2, 0.25) is 0 Å². The van der Waals surface area contributed by atoms with Crippen LogP contribution in [0.5, 0.6) is 5.75 Å². The number of carbonyl (C=O) groups excluding carboxylic acids is 2. The fourth-order valence-electron chi connectivity index (χ4n) is 3.83. The summed E-state index contributed by atoms with van der Waals surface area (Å²) >= 11 is 0. The molecule has 0 saturated carbocycles. The van der Waals surface area contributed by atoms with Gasteiger partial charge in [0.15, 0.2) is 0 Å². The van der Waals surface area contributed by atoms with Gasteiger partial charge in [0.2, 0.25) is 0 Å². The van der Waals surface area contributed by atoms with Gasteiger partial charge in [0, 0.05) is 29.4 Å². The number of hydrogen-bond acceptors (Lipinski definition) is 3. The summed E-state index contributed by atoms with van der Waals surface area (Å²) in [6.45, 7) is 2.33. The monoisotopic (exact) mass is 418 g/mol. The lowest BCUT2D eigenvalue weighted by molar-refractivity contribution is 0.0948. The lowest BCUT2D eigenvalue weighted by Gasteiger charge is -2.23. The Morgan fingerprint density at radius 3 is 2.39 bits per heavy atom. The molecule has 1 aliphatic rings. The molecule has 1 aliphatic heterocycles. The zero-order chi connectivity index (χ0) is 22.0. The molecule has 0 saturated heterocycles. The van der Waals surface area contributed by atoms with Gasteiger partial charge in [-0.1, -0.05) is 12.1 Å². The van der Waals surface area contributed by atoms with Crippen molar-refractivity contribution in [2.45, 2.75) is 25.9 Å². The summed E-state index contributed by atoms with van der Waals surface area (Å²) in [5.41, 5.74) is 3.84. The highest BCUT2D eigenvalue weighted by Gasteiger charge is 2.31. The zero-order valence-electron chi connectivity index (χ0n) is 17.4. The molecule has 4 rings (SSSR count). The summed E-state index contributed by atoms with van der Waals surface area (Å²) in [4.78, 5) is 27.3. The summed E-state index contributed by atoms with van der Waals surface area (Å²) in [5, 5.41) is 2.85. The standard InChI is InChI=1S/C25H23FN2O3/c1-16-13-20-4-3-17(15-27-24(29)18-5-9-21(26)10-6-18)14-23(20)28(16)25(30)19-7-11-22(31-2)12-8-19/h3-12,14,16H,13,15H2,1-2H3,(H,27,29)/t16-/m0/s1. The molecule has 0 aliphatic carbocycles. The minimum absolute atomic E-state index is 0.0358. The third kappa shape index (κ3) is 4.28. The second-order valence-corrected chi connectivity index (χ2v) is 7.61. The van der Waals surface area contributed by atoms with E-state index in [2.05, 4.69) is 5.32 Å². The number of hydrogen-bond donors (Lipinski definition) is 1. The Bertz CT molecular complexity index is 1110. The third-order valence-corrected chi connectivity index (χ3v) is 5.48. The van der Waals surface area contributed by atoms with Gasteiger partial charge in [-0.2, -0.15) is 0 Å². The summed E-state index contributed by atoms with van der Waals surface area (Å²) in [6, 6.07) is 18.4. The van der Waals surface area contributed by atoms with Crippen LogP contribution in [0, 0.1) is 5.82 Å². The number of rotatable bonds is 5. The SMILES string of the molecule is COc1ccc(C(=O)N2c3cc(CNC(=O)c4ccc(F)cc4)ccc3C[C@@H]2C)cc1. The van der Waals surface area contributed by atoms with Gasteiger partial charge < -0.3 is 15.0 Å². The second-order valence-electron chi connectivity index (χ2n) is 7.61. The van der Waals surface area contributed by atoms with Gasteiger partial charge in [-0.3, -0.25) is 9.59 Å². The van der Waals surface area contributed by atoms with Crippen LogP contribution < -0.4 is 15.0 Å². The van der Waals surface area contributed by atoms with Gasteiger partial charge in [-0.15, -0.1) is 0 Å². The van der Waals surface area contributed by atoms with Crippen molar-refractivity contribution in [2.75, 3.05) is 12.0 Å². The van der Waals surface area contributed by atoms with Crippen molar-refractivity contribution in [3.8, 4) is 5.75 Å². The first-order valence-corrected chi connectivity index (χ1v) is 10.1. The van der Waals surface area contributed by atoms with E-state index in [-0.39, 0.29) is 23.7 Å². The fraction of sp³-hybridized carbons (Fsp3) is 0.200. The van der Waals surface area contributed by atoms with Crippen molar-refractivity contribution in [1.82, 2.24) is 5.32 Å². The topological polar surface area (TPSA) is 58.6 Å². The quantitative estimate of drug-likeness (QED) is 0.670. The molecule has 31 heavy (non-hydrogen) atoms. The van der Waals surface area contributed by atoms with E-state index in [4.69, 9.17) is 4.74 Å². The maximum Gasteiger partial charge on any atom is 0.258 e. The average molecular weight is 418 g/mol. The van der Waals surface area contributed by atoms with E-state index in [0.29, 0.717) is 23.4 Å². The van der Waals surface area contributed by atoms with Gasteiger partial charge in [0.25, 0.3) is 11.8 Å². The van der Waals surface area contributed by atoms with Crippen LogP contribution in [0.1, 0.15) is 38.8 Å². The number of nitrogens with zero attached hydrogens (tertiary/aromatic N) is 1. The number of nitrogens with one attached hydrogen (secondary N) is 1. The van der Waals surface area contributed by atoms with E-state index in [1.165, 1.54) is 24.3 Å². The largest absolute Gasteiger partial charge is 0.497 e. The van der Waals surface area contributed by atoms with Gasteiger partial charge in [0.05, 0.1) is 7.11 Å². The lowest BCUT2D eigenvalue weighted by atomic mass is 10.1. The number of methoxy groups -OCH3 is 1. The molecule has 1 N–H and O–H groups in total. The third-order valence-electron chi connectivity index (χ3n) is 5.48. The molecule has 6 heteroatoms. The van der Waals surface area contributed by atoms with Crippen molar-refractivity contribution < 1.29 is 18.7 Å². The number of ether oxygens (including phenoxy) is 1. The number of amides is 2. The van der Waals surface area contributed by atoms with Crippen LogP contribution >= 0.6 is 0 Å². The molecule has 0 bridgehead atoms. The molecule has 1 atom stereocenters. The summed E-state index contributed by atoms with van der Waals surface area (Å²) < 4.78 is 18.2. The van der Waals surface area contributed by atoms with Crippen LogP contribution in [0.15, 0.2) is 66.7 Å². The highest BCUT2D eigenvalue weighted by atomic mass is 19.1. The Morgan fingerprint density at radius 1 is 1.03 bits per heavy atom. The molecule has 2 amide bonds. The molecular weight excluding hydrogens is 395 g/mol. The van der Waals surface area contributed by atoms with Crippen molar-refractivity contribution in [3.05, 3.63) is 94.8 Å². The Kier molecular flexibility index (Phi) is 5.71. The molecule has 0 radical (unpaired) electrons. The first-order valence-electron chi connectivity index (χ1n) is 10.1. The van der Waals surface area contributed by atoms with E-state index in [9.17, 15) is 14.0 Å². The van der Waals surface area contributed by atoms with E-state index >= 15 is 0 Å². The Hall–Kier alpha value is -3.67. The van der Waals surface area contributed by atoms with Crippen molar-refractivity contribution in [3.63, 3.8) is 0 Å². The molecule has 0 spiro atoms. The molecule has 5 nitrogen and oxygen atoms in total. The molecule has 158 valence electrons. The maximum absolute atomic E-state index is 13.2. The first-order chi connectivity index (χ1) is 15.0. The predicted octanol–water partition coefficient (Wildman–Crippen LogP) is 4.36. The molecule has 3 aromatic rings. The normalized spacial score (nSPS) is 14.8. The van der Waals surface area contributed by atoms with Crippen molar-refractivity contribution in [2.24, 2.45) is 0 Å². The van der Waals surface area contributed by atoms with Gasteiger partial charge in [-0.05, 0) is 79.1 Å². The van der Waals surface area contributed by atoms with Crippen LogP contribution in [0.25, 0.3) is 0 Å². The zero-order valence-corrected chi connectivity index (χ0v) is 17.4. The first kappa shape index (κ1) is 20.6. The van der Waals surface area contributed by atoms with Gasteiger partial charge in [0.1, 0.15) is 11.6 Å². The number of carbonyl (C=O) groups is 2. The Morgan fingerprint density at radius 2 is 1.71 bits per heavy atom. The number of anilines is 1. The van der Waals surface area contributed by atoms with Crippen molar-refractivity contribution >= 4 is 17.5 Å². The highest BCUT2D eigenvalue weighted by Crippen LogP contribution is 2.34. The Labute approximate surface area is 180 Å². The van der Waals surface area contributed by atoms with E-state index in [0.717, 1.165) is 23.2 Å². The molecule has 3 aromatic carbocycles. The minimum atomic E-state index is -0.383. The van der Waals surface area contributed by atoms with Crippen LogP contribution in [-0.4, -0.2) is 25.0 Å². The summed E-state index contributed by atoms with van der Waals surface area (Å²) in [5.74, 6) is -0.0297. The summed E-state index contributed by atoms with van der Waals surface area (Å²) in [6.07, 6.45) is 0.777. The maximum atomic E-state index is 13.2. The van der Waals surface area contributed by atoms with Crippen LogP contribution in [0.3, 0.4) is 0 Å². The summed E-state index contributed by atoms with van der Waals surface area (Å²) in [7, 11) is 1.59. The number of fused-ring (bicyclic) bond motifs is 1. The van der Waals surface area contributed by atoms with Crippen LogP contribution in [-0.2, 0) is 13.0 Å². The number of benzene rings is 3. The lowest BCUT2D eigenvalue weighted by Crippen LogP contribution is -2.35. The van der Waals surface area contributed by atoms with Gasteiger partial charge >= 0.3 is 0 Å². The Balaban J connectivity index is 1.51. The fourth-order valence-corrected chi connectivity index (χ4v) is 3.83. The van der Waals surface area contributed by atoms with Crippen LogP contribution in [0.4, 0.5) is 10.1 Å². The minimum Gasteiger partial charge on any atom is -0.497 e. The van der Waals surface area contributed by atoms with E-state index in [1.54, 1.807) is 31.4 Å². The highest BCUT2D eigenvalue weighted by molar-refractivity contribution is 6.07. The predicted molar refractivity (Wildman–Crippen MR) is 117 cm³/mol. The molecule has 0 fully saturated rings. The average Bonchev–Trinajstić information content (AvgIpc) is 3.12. The second kappa shape index (κ2) is 8.60. The van der Waals surface area contributed by atoms with E-state index < -0.39 is 0 Å². The van der Waals surface area contributed by atoms with Crippen molar-refractivity contribution in [1.29, 1.82) is 0 Å². The molecule has 1 heterocycles. The van der Waals surface area contributed by atoms with E-state index in [1.807, 2.05) is 30.0 Å². The molecule has 0 aromatic heterocycles. The smallest absolute Gasteiger partial charge is 0.258 e. The van der Waals surface area contributed by atoms with Gasteiger partial charge in [-0.25, -0.2) is 4.39 Å².